The third kappa shape index (κ3) is 3.60. The Morgan fingerprint density at radius 2 is 1.95 bits per heavy atom. The topological polar surface area (TPSA) is 87.8 Å². The molecule has 2 aromatic rings. The number of hydrogen-bond acceptors (Lipinski definition) is 5. The van der Waals surface area contributed by atoms with E-state index < -0.39 is 4.92 Å². The fraction of sp³-hybridized carbons (Fsp3) is 0.188. The van der Waals surface area contributed by atoms with Crippen LogP contribution in [0.5, 0.6) is 5.75 Å². The number of hydrazone groups is 1. The van der Waals surface area contributed by atoms with Crippen LogP contribution in [0, 0.1) is 17.0 Å². The molecule has 0 spiro atoms. The standard InChI is InChI=1S/C16H17N3O3/c1-3-15(14-9-4-11(2)10-16(14)20)18-17-12-5-7-13(8-6-12)19(21)22/h4-10,17,20H,3H2,1-2H3/b18-15-. The van der Waals surface area contributed by atoms with Crippen LogP contribution in [0.15, 0.2) is 47.6 Å². The molecule has 2 aromatic carbocycles. The van der Waals surface area contributed by atoms with Crippen LogP contribution in [0.3, 0.4) is 0 Å². The minimum Gasteiger partial charge on any atom is -0.507 e. The fourth-order valence-electron chi connectivity index (χ4n) is 2.01. The second-order valence-electron chi connectivity index (χ2n) is 4.85. The number of anilines is 1. The molecule has 6 heteroatoms. The van der Waals surface area contributed by atoms with E-state index in [0.717, 1.165) is 5.56 Å². The second-order valence-corrected chi connectivity index (χ2v) is 4.85. The van der Waals surface area contributed by atoms with Gasteiger partial charge >= 0.3 is 0 Å². The Labute approximate surface area is 128 Å². The Balaban J connectivity index is 2.20. The van der Waals surface area contributed by atoms with Crippen LogP contribution in [0.4, 0.5) is 11.4 Å². The van der Waals surface area contributed by atoms with Gasteiger partial charge in [-0.1, -0.05) is 13.0 Å². The molecular weight excluding hydrogens is 282 g/mol. The first-order valence-corrected chi connectivity index (χ1v) is 6.88. The fourth-order valence-corrected chi connectivity index (χ4v) is 2.01. The molecular formula is C16H17N3O3. The van der Waals surface area contributed by atoms with E-state index in [1.165, 1.54) is 12.1 Å². The van der Waals surface area contributed by atoms with Crippen LogP contribution in [0.2, 0.25) is 0 Å². The molecule has 6 nitrogen and oxygen atoms in total. The van der Waals surface area contributed by atoms with Crippen molar-refractivity contribution in [1.82, 2.24) is 0 Å². The van der Waals surface area contributed by atoms with E-state index in [0.29, 0.717) is 23.4 Å². The molecule has 114 valence electrons. The summed E-state index contributed by atoms with van der Waals surface area (Å²) < 4.78 is 0. The average molecular weight is 299 g/mol. The van der Waals surface area contributed by atoms with Crippen molar-refractivity contribution in [2.75, 3.05) is 5.43 Å². The number of aromatic hydroxyl groups is 1. The lowest BCUT2D eigenvalue weighted by molar-refractivity contribution is -0.384. The SMILES string of the molecule is CC/C(=N/Nc1ccc([N+](=O)[O-])cc1)c1ccc(C)cc1O. The van der Waals surface area contributed by atoms with E-state index in [1.807, 2.05) is 26.0 Å². The summed E-state index contributed by atoms with van der Waals surface area (Å²) in [6.07, 6.45) is 0.636. The van der Waals surface area contributed by atoms with Crippen molar-refractivity contribution in [3.8, 4) is 5.75 Å². The van der Waals surface area contributed by atoms with E-state index in [2.05, 4.69) is 10.5 Å². The molecule has 0 saturated heterocycles. The first-order valence-electron chi connectivity index (χ1n) is 6.88. The van der Waals surface area contributed by atoms with Crippen LogP contribution in [-0.2, 0) is 0 Å². The largest absolute Gasteiger partial charge is 0.507 e. The lowest BCUT2D eigenvalue weighted by atomic mass is 10.1. The zero-order valence-corrected chi connectivity index (χ0v) is 12.4. The van der Waals surface area contributed by atoms with Gasteiger partial charge in [-0.05, 0) is 43.2 Å². The molecule has 0 heterocycles. The van der Waals surface area contributed by atoms with Crippen molar-refractivity contribution in [1.29, 1.82) is 0 Å². The van der Waals surface area contributed by atoms with E-state index in [1.54, 1.807) is 18.2 Å². The quantitative estimate of drug-likeness (QED) is 0.499. The van der Waals surface area contributed by atoms with Crippen LogP contribution < -0.4 is 5.43 Å². The molecule has 0 aliphatic rings. The highest BCUT2D eigenvalue weighted by atomic mass is 16.6. The molecule has 0 bridgehead atoms. The van der Waals surface area contributed by atoms with Crippen molar-refractivity contribution in [3.05, 3.63) is 63.7 Å². The molecule has 2 rings (SSSR count). The summed E-state index contributed by atoms with van der Waals surface area (Å²) in [6, 6.07) is 11.4. The molecule has 0 saturated carbocycles. The van der Waals surface area contributed by atoms with Crippen LogP contribution in [-0.4, -0.2) is 15.7 Å². The highest BCUT2D eigenvalue weighted by Crippen LogP contribution is 2.21. The Morgan fingerprint density at radius 3 is 2.50 bits per heavy atom. The molecule has 0 atom stereocenters. The number of nitrogens with one attached hydrogen (secondary N) is 1. The van der Waals surface area contributed by atoms with E-state index in [4.69, 9.17) is 0 Å². The Bertz CT molecular complexity index is 709. The van der Waals surface area contributed by atoms with E-state index >= 15 is 0 Å². The zero-order valence-electron chi connectivity index (χ0n) is 12.4. The maximum atomic E-state index is 10.6. The van der Waals surface area contributed by atoms with Gasteiger partial charge in [0, 0.05) is 17.7 Å². The van der Waals surface area contributed by atoms with Gasteiger partial charge in [0.2, 0.25) is 0 Å². The highest BCUT2D eigenvalue weighted by Gasteiger charge is 2.08. The highest BCUT2D eigenvalue weighted by molar-refractivity contribution is 6.03. The minimum absolute atomic E-state index is 0.0291. The summed E-state index contributed by atoms with van der Waals surface area (Å²) >= 11 is 0. The Hall–Kier alpha value is -2.89. The normalized spacial score (nSPS) is 11.3. The number of nitro benzene ring substituents is 1. The van der Waals surface area contributed by atoms with Crippen molar-refractivity contribution < 1.29 is 10.0 Å². The van der Waals surface area contributed by atoms with Gasteiger partial charge in [-0.15, -0.1) is 0 Å². The van der Waals surface area contributed by atoms with Gasteiger partial charge < -0.3 is 5.11 Å². The number of aryl methyl sites for hydroxylation is 1. The summed E-state index contributed by atoms with van der Waals surface area (Å²) in [5.74, 6) is 0.186. The summed E-state index contributed by atoms with van der Waals surface area (Å²) in [4.78, 5) is 10.2. The van der Waals surface area contributed by atoms with Gasteiger partial charge in [0.05, 0.1) is 16.3 Å². The van der Waals surface area contributed by atoms with Crippen LogP contribution in [0.25, 0.3) is 0 Å². The third-order valence-electron chi connectivity index (χ3n) is 3.20. The molecule has 0 aromatic heterocycles. The number of hydrogen-bond donors (Lipinski definition) is 2. The number of nitrogens with zero attached hydrogens (tertiary/aromatic N) is 2. The summed E-state index contributed by atoms with van der Waals surface area (Å²) in [6.45, 7) is 3.84. The van der Waals surface area contributed by atoms with Crippen molar-refractivity contribution in [2.24, 2.45) is 5.10 Å². The Morgan fingerprint density at radius 1 is 1.27 bits per heavy atom. The maximum Gasteiger partial charge on any atom is 0.269 e. The van der Waals surface area contributed by atoms with Gasteiger partial charge in [0.1, 0.15) is 5.75 Å². The molecule has 0 fully saturated rings. The monoisotopic (exact) mass is 299 g/mol. The van der Waals surface area contributed by atoms with E-state index in [-0.39, 0.29) is 11.4 Å². The van der Waals surface area contributed by atoms with Crippen LogP contribution >= 0.6 is 0 Å². The number of phenols is 1. The molecule has 0 radical (unpaired) electrons. The zero-order chi connectivity index (χ0) is 16.1. The lowest BCUT2D eigenvalue weighted by Crippen LogP contribution is -2.03. The maximum absolute atomic E-state index is 10.6. The van der Waals surface area contributed by atoms with Crippen molar-refractivity contribution >= 4 is 17.1 Å². The van der Waals surface area contributed by atoms with E-state index in [9.17, 15) is 15.2 Å². The molecule has 0 amide bonds. The predicted octanol–water partition coefficient (Wildman–Crippen LogP) is 3.84. The van der Waals surface area contributed by atoms with Gasteiger partial charge in [-0.25, -0.2) is 0 Å². The van der Waals surface area contributed by atoms with Gasteiger partial charge in [-0.2, -0.15) is 5.10 Å². The number of rotatable bonds is 5. The minimum atomic E-state index is -0.450. The molecule has 0 unspecified atom stereocenters. The Kier molecular flexibility index (Phi) is 4.73. The summed E-state index contributed by atoms with van der Waals surface area (Å²) in [7, 11) is 0. The average Bonchev–Trinajstić information content (AvgIpc) is 2.50. The smallest absolute Gasteiger partial charge is 0.269 e. The van der Waals surface area contributed by atoms with Crippen molar-refractivity contribution in [3.63, 3.8) is 0 Å². The third-order valence-corrected chi connectivity index (χ3v) is 3.20. The second kappa shape index (κ2) is 6.71. The molecule has 22 heavy (non-hydrogen) atoms. The number of non-ortho nitro benzene ring substituents is 1. The molecule has 0 aliphatic carbocycles. The van der Waals surface area contributed by atoms with Gasteiger partial charge in [-0.3, -0.25) is 15.5 Å². The first-order chi connectivity index (χ1) is 10.5. The van der Waals surface area contributed by atoms with Crippen molar-refractivity contribution in [2.45, 2.75) is 20.3 Å². The van der Waals surface area contributed by atoms with Gasteiger partial charge in [0.15, 0.2) is 0 Å². The number of nitro groups is 1. The lowest BCUT2D eigenvalue weighted by Gasteiger charge is -2.08. The van der Waals surface area contributed by atoms with Crippen LogP contribution in [0.1, 0.15) is 24.5 Å². The molecule has 0 aliphatic heterocycles. The number of phenolic OH excluding ortho intramolecular Hbond substituents is 1. The predicted molar refractivity (Wildman–Crippen MR) is 86.4 cm³/mol. The summed E-state index contributed by atoms with van der Waals surface area (Å²) in [5.41, 5.74) is 5.87. The summed E-state index contributed by atoms with van der Waals surface area (Å²) in [5, 5.41) is 24.9. The number of benzene rings is 2. The van der Waals surface area contributed by atoms with Gasteiger partial charge in [0.25, 0.3) is 5.69 Å². The molecule has 2 N–H and O–H groups in total. The first kappa shape index (κ1) is 15.5.